The zero-order valence-electron chi connectivity index (χ0n) is 9.88. The molecule has 0 aliphatic heterocycles. The highest BCUT2D eigenvalue weighted by molar-refractivity contribution is 8.01. The summed E-state index contributed by atoms with van der Waals surface area (Å²) in [5.41, 5.74) is 1.03. The van der Waals surface area contributed by atoms with Crippen LogP contribution in [0.1, 0.15) is 23.1 Å². The highest BCUT2D eigenvalue weighted by Crippen LogP contribution is 2.25. The molecule has 94 valence electrons. The molecule has 2 aromatic heterocycles. The normalized spacial score (nSPS) is 10.3. The highest BCUT2D eigenvalue weighted by Gasteiger charge is 2.11. The lowest BCUT2D eigenvalue weighted by molar-refractivity contribution is 0.102. The molecule has 2 heterocycles. The molecule has 0 spiro atoms. The number of thioether (sulfide) groups is 1. The fraction of sp³-hybridized carbons (Fsp3) is 0.300. The van der Waals surface area contributed by atoms with Gasteiger partial charge >= 0.3 is 0 Å². The number of anilines is 1. The highest BCUT2D eigenvalue weighted by atomic mass is 32.2. The number of hydrogen-bond donors (Lipinski definition) is 1. The van der Waals surface area contributed by atoms with Gasteiger partial charge in [-0.05, 0) is 12.7 Å². The molecule has 1 amide bonds. The number of aromatic nitrogens is 4. The fourth-order valence-corrected chi connectivity index (χ4v) is 2.76. The van der Waals surface area contributed by atoms with Gasteiger partial charge in [-0.15, -0.1) is 10.2 Å². The molecule has 0 radical (unpaired) electrons. The predicted octanol–water partition coefficient (Wildman–Crippen LogP) is 2.00. The molecule has 0 aliphatic rings. The summed E-state index contributed by atoms with van der Waals surface area (Å²) in [6.45, 7) is 3.85. The molecule has 8 heteroatoms. The van der Waals surface area contributed by atoms with Crippen molar-refractivity contribution in [2.45, 2.75) is 18.2 Å². The van der Waals surface area contributed by atoms with Gasteiger partial charge in [-0.2, -0.15) is 0 Å². The van der Waals surface area contributed by atoms with E-state index in [-0.39, 0.29) is 11.6 Å². The van der Waals surface area contributed by atoms with Crippen molar-refractivity contribution in [2.75, 3.05) is 11.1 Å². The molecule has 18 heavy (non-hydrogen) atoms. The Labute approximate surface area is 112 Å². The molecule has 0 fully saturated rings. The van der Waals surface area contributed by atoms with Crippen LogP contribution in [0.3, 0.4) is 0 Å². The number of amides is 1. The molecular weight excluding hydrogens is 270 g/mol. The largest absolute Gasteiger partial charge is 0.295 e. The van der Waals surface area contributed by atoms with Crippen molar-refractivity contribution in [1.29, 1.82) is 0 Å². The third-order valence-electron chi connectivity index (χ3n) is 1.91. The van der Waals surface area contributed by atoms with E-state index in [0.717, 1.165) is 15.8 Å². The molecule has 0 bridgehead atoms. The Kier molecular flexibility index (Phi) is 4.21. The summed E-state index contributed by atoms with van der Waals surface area (Å²) in [5.74, 6) is 0.596. The van der Waals surface area contributed by atoms with Crippen LogP contribution >= 0.6 is 23.1 Å². The van der Waals surface area contributed by atoms with Crippen LogP contribution in [0.5, 0.6) is 0 Å². The lowest BCUT2D eigenvalue weighted by Gasteiger charge is -1.99. The quantitative estimate of drug-likeness (QED) is 0.682. The van der Waals surface area contributed by atoms with Gasteiger partial charge in [0.25, 0.3) is 5.91 Å². The van der Waals surface area contributed by atoms with E-state index in [4.69, 9.17) is 0 Å². The van der Waals surface area contributed by atoms with Gasteiger partial charge in [-0.3, -0.25) is 15.1 Å². The van der Waals surface area contributed by atoms with Gasteiger partial charge in [0.2, 0.25) is 5.13 Å². The maximum absolute atomic E-state index is 11.8. The first-order chi connectivity index (χ1) is 8.69. The molecule has 0 atom stereocenters. The fourth-order valence-electron chi connectivity index (χ4n) is 1.11. The van der Waals surface area contributed by atoms with Crippen LogP contribution in [0.15, 0.2) is 16.7 Å². The van der Waals surface area contributed by atoms with Crippen molar-refractivity contribution in [1.82, 2.24) is 20.2 Å². The minimum absolute atomic E-state index is 0.264. The number of nitrogens with zero attached hydrogens (tertiary/aromatic N) is 4. The third kappa shape index (κ3) is 3.23. The summed E-state index contributed by atoms with van der Waals surface area (Å²) >= 11 is 2.93. The van der Waals surface area contributed by atoms with Gasteiger partial charge in [0, 0.05) is 6.20 Å². The maximum Gasteiger partial charge on any atom is 0.277 e. The topological polar surface area (TPSA) is 80.7 Å². The van der Waals surface area contributed by atoms with E-state index < -0.39 is 0 Å². The average Bonchev–Trinajstić information content (AvgIpc) is 2.78. The van der Waals surface area contributed by atoms with Gasteiger partial charge in [0.05, 0.1) is 11.9 Å². The van der Waals surface area contributed by atoms with Gasteiger partial charge in [0.1, 0.15) is 5.69 Å². The molecule has 2 rings (SSSR count). The number of nitrogens with one attached hydrogen (secondary N) is 1. The molecule has 1 N–H and O–H groups in total. The van der Waals surface area contributed by atoms with E-state index in [2.05, 4.69) is 25.5 Å². The molecule has 0 aliphatic carbocycles. The van der Waals surface area contributed by atoms with Crippen molar-refractivity contribution < 1.29 is 4.79 Å². The van der Waals surface area contributed by atoms with Gasteiger partial charge in [-0.25, -0.2) is 4.98 Å². The SMILES string of the molecule is CCSc1nnc(NC(=O)c2cnc(C)cn2)s1. The van der Waals surface area contributed by atoms with Crippen molar-refractivity contribution in [2.24, 2.45) is 0 Å². The van der Waals surface area contributed by atoms with Gasteiger partial charge in [-0.1, -0.05) is 30.0 Å². The van der Waals surface area contributed by atoms with E-state index in [1.807, 2.05) is 13.8 Å². The van der Waals surface area contributed by atoms with E-state index in [9.17, 15) is 4.79 Å². The van der Waals surface area contributed by atoms with Crippen LogP contribution in [0.2, 0.25) is 0 Å². The summed E-state index contributed by atoms with van der Waals surface area (Å²) in [4.78, 5) is 19.8. The molecule has 2 aromatic rings. The predicted molar refractivity (Wildman–Crippen MR) is 71.0 cm³/mol. The van der Waals surface area contributed by atoms with Gasteiger partial charge in [0.15, 0.2) is 4.34 Å². The second-order valence-corrected chi connectivity index (χ2v) is 5.79. The number of carbonyl (C=O) groups is 1. The first-order valence-electron chi connectivity index (χ1n) is 5.25. The van der Waals surface area contributed by atoms with Crippen LogP contribution < -0.4 is 5.32 Å². The molecule has 0 aromatic carbocycles. The van der Waals surface area contributed by atoms with Gasteiger partial charge < -0.3 is 0 Å². The summed E-state index contributed by atoms with van der Waals surface area (Å²) in [5, 5.41) is 11.0. The first-order valence-corrected chi connectivity index (χ1v) is 7.05. The van der Waals surface area contributed by atoms with Crippen LogP contribution in [0.25, 0.3) is 0 Å². The zero-order chi connectivity index (χ0) is 13.0. The van der Waals surface area contributed by atoms with E-state index in [1.165, 1.54) is 17.5 Å². The number of rotatable bonds is 4. The standard InChI is InChI=1S/C10H11N5OS2/c1-3-17-10-15-14-9(18-10)13-8(16)7-5-11-6(2)4-12-7/h4-5H,3H2,1-2H3,(H,13,14,16). The van der Waals surface area contributed by atoms with Crippen LogP contribution in [-0.2, 0) is 0 Å². The monoisotopic (exact) mass is 281 g/mol. The molecule has 6 nitrogen and oxygen atoms in total. The van der Waals surface area contributed by atoms with E-state index in [0.29, 0.717) is 5.13 Å². The lowest BCUT2D eigenvalue weighted by Crippen LogP contribution is -2.13. The molecule has 0 saturated carbocycles. The van der Waals surface area contributed by atoms with Crippen LogP contribution in [0, 0.1) is 6.92 Å². The Morgan fingerprint density at radius 1 is 1.39 bits per heavy atom. The maximum atomic E-state index is 11.8. The zero-order valence-corrected chi connectivity index (χ0v) is 11.5. The molecule has 0 unspecified atom stereocenters. The van der Waals surface area contributed by atoms with Crippen molar-refractivity contribution in [3.05, 3.63) is 23.8 Å². The number of aryl methyl sites for hydroxylation is 1. The lowest BCUT2D eigenvalue weighted by atomic mass is 10.4. The summed E-state index contributed by atoms with van der Waals surface area (Å²) < 4.78 is 0.836. The minimum atomic E-state index is -0.327. The third-order valence-corrected chi connectivity index (χ3v) is 3.76. The summed E-state index contributed by atoms with van der Waals surface area (Å²) in [7, 11) is 0. The Balaban J connectivity index is 2.04. The van der Waals surface area contributed by atoms with Crippen molar-refractivity contribution in [3.63, 3.8) is 0 Å². The Hall–Kier alpha value is -1.54. The number of hydrogen-bond acceptors (Lipinski definition) is 7. The molecule has 0 saturated heterocycles. The smallest absolute Gasteiger partial charge is 0.277 e. The second kappa shape index (κ2) is 5.87. The van der Waals surface area contributed by atoms with E-state index in [1.54, 1.807) is 18.0 Å². The minimum Gasteiger partial charge on any atom is -0.295 e. The average molecular weight is 281 g/mol. The molecular formula is C10H11N5OS2. The van der Waals surface area contributed by atoms with Crippen LogP contribution in [-0.4, -0.2) is 31.8 Å². The van der Waals surface area contributed by atoms with E-state index >= 15 is 0 Å². The first kappa shape index (κ1) is 12.9. The Bertz CT molecular complexity index is 539. The summed E-state index contributed by atoms with van der Waals surface area (Å²) in [6, 6.07) is 0. The van der Waals surface area contributed by atoms with Crippen LogP contribution in [0.4, 0.5) is 5.13 Å². The number of carbonyl (C=O) groups excluding carboxylic acids is 1. The Morgan fingerprint density at radius 3 is 2.89 bits per heavy atom. The Morgan fingerprint density at radius 2 is 2.22 bits per heavy atom. The second-order valence-electron chi connectivity index (χ2n) is 3.30. The van der Waals surface area contributed by atoms with Crippen molar-refractivity contribution in [3.8, 4) is 0 Å². The summed E-state index contributed by atoms with van der Waals surface area (Å²) in [6.07, 6.45) is 2.99. The van der Waals surface area contributed by atoms with Crippen molar-refractivity contribution >= 4 is 34.1 Å².